The lowest BCUT2D eigenvalue weighted by Crippen LogP contribution is -2.26. The molecule has 1 aromatic carbocycles. The van der Waals surface area contributed by atoms with Crippen molar-refractivity contribution in [2.24, 2.45) is 5.73 Å². The molecule has 0 bridgehead atoms. The van der Waals surface area contributed by atoms with Crippen molar-refractivity contribution in [3.8, 4) is 5.75 Å². The van der Waals surface area contributed by atoms with Crippen LogP contribution in [0.3, 0.4) is 0 Å². The lowest BCUT2D eigenvalue weighted by atomic mass is 9.98. The maximum absolute atomic E-state index is 12.9. The molecule has 1 fully saturated rings. The van der Waals surface area contributed by atoms with Gasteiger partial charge in [-0.2, -0.15) is 13.2 Å². The Morgan fingerprint density at radius 2 is 2.00 bits per heavy atom. The van der Waals surface area contributed by atoms with E-state index in [0.29, 0.717) is 0 Å². The summed E-state index contributed by atoms with van der Waals surface area (Å²) in [5.74, 6) is 0.261. The van der Waals surface area contributed by atoms with Gasteiger partial charge in [-0.05, 0) is 31.4 Å². The van der Waals surface area contributed by atoms with E-state index in [1.807, 2.05) is 0 Å². The van der Waals surface area contributed by atoms with E-state index in [0.717, 1.165) is 18.9 Å². The Balaban J connectivity index is 2.44. The molecule has 5 heteroatoms. The summed E-state index contributed by atoms with van der Waals surface area (Å²) in [5, 5.41) is 0. The lowest BCUT2D eigenvalue weighted by Gasteiger charge is -2.18. The van der Waals surface area contributed by atoms with Crippen LogP contribution in [0.1, 0.15) is 24.0 Å². The predicted molar refractivity (Wildman–Crippen MR) is 57.9 cm³/mol. The van der Waals surface area contributed by atoms with E-state index in [1.54, 1.807) is 0 Å². The molecule has 0 spiro atoms. The van der Waals surface area contributed by atoms with Crippen molar-refractivity contribution < 1.29 is 17.9 Å². The third kappa shape index (κ3) is 2.54. The van der Waals surface area contributed by atoms with Gasteiger partial charge in [-0.25, -0.2) is 0 Å². The fourth-order valence-corrected chi connectivity index (χ4v) is 1.89. The van der Waals surface area contributed by atoms with Crippen molar-refractivity contribution in [2.45, 2.75) is 31.0 Å². The Kier molecular flexibility index (Phi) is 2.81. The van der Waals surface area contributed by atoms with Crippen molar-refractivity contribution in [1.29, 1.82) is 0 Å². The largest absolute Gasteiger partial charge is 0.496 e. The molecule has 0 aliphatic heterocycles. The summed E-state index contributed by atoms with van der Waals surface area (Å²) in [6.45, 7) is 0. The van der Waals surface area contributed by atoms with Crippen LogP contribution >= 0.6 is 0 Å². The third-order valence-electron chi connectivity index (χ3n) is 3.08. The number of ether oxygens (including phenoxy) is 1. The van der Waals surface area contributed by atoms with Crippen LogP contribution in [0.4, 0.5) is 13.2 Å². The van der Waals surface area contributed by atoms with Gasteiger partial charge in [-0.15, -0.1) is 0 Å². The monoisotopic (exact) mass is 245 g/mol. The first-order chi connectivity index (χ1) is 7.86. The van der Waals surface area contributed by atoms with Gasteiger partial charge in [-0.3, -0.25) is 0 Å². The average Bonchev–Trinajstić information content (AvgIpc) is 2.95. The molecule has 94 valence electrons. The Hall–Kier alpha value is -1.23. The summed E-state index contributed by atoms with van der Waals surface area (Å²) in [7, 11) is 1.37. The first-order valence-corrected chi connectivity index (χ1v) is 5.38. The number of alkyl halides is 3. The molecule has 0 heterocycles. The van der Waals surface area contributed by atoms with Gasteiger partial charge in [-0.1, -0.05) is 6.07 Å². The minimum absolute atomic E-state index is 0.169. The van der Waals surface area contributed by atoms with Crippen molar-refractivity contribution in [1.82, 2.24) is 0 Å². The smallest absolute Gasteiger partial charge is 0.416 e. The van der Waals surface area contributed by atoms with Crippen molar-refractivity contribution >= 4 is 0 Å². The molecule has 2 rings (SSSR count). The minimum Gasteiger partial charge on any atom is -0.496 e. The second kappa shape index (κ2) is 3.91. The van der Waals surface area contributed by atoms with Crippen molar-refractivity contribution in [2.75, 3.05) is 7.11 Å². The Bertz CT molecular complexity index is 424. The zero-order chi connectivity index (χ0) is 12.7. The Labute approximate surface area is 97.6 Å². The average molecular weight is 245 g/mol. The second-order valence-electron chi connectivity index (χ2n) is 4.52. The van der Waals surface area contributed by atoms with E-state index in [4.69, 9.17) is 10.5 Å². The molecule has 0 amide bonds. The van der Waals surface area contributed by atoms with E-state index in [9.17, 15) is 13.2 Å². The van der Waals surface area contributed by atoms with Crippen molar-refractivity contribution in [3.63, 3.8) is 0 Å². The van der Waals surface area contributed by atoms with Crippen LogP contribution in [0, 0.1) is 0 Å². The van der Waals surface area contributed by atoms with Crippen LogP contribution in [0.15, 0.2) is 18.2 Å². The van der Waals surface area contributed by atoms with Gasteiger partial charge in [0.05, 0.1) is 12.7 Å². The molecule has 1 saturated carbocycles. The molecular weight excluding hydrogens is 231 g/mol. The minimum atomic E-state index is -4.37. The number of nitrogens with two attached hydrogens (primary N) is 1. The topological polar surface area (TPSA) is 35.2 Å². The molecule has 2 nitrogen and oxygen atoms in total. The van der Waals surface area contributed by atoms with E-state index in [2.05, 4.69) is 0 Å². The van der Waals surface area contributed by atoms with Gasteiger partial charge >= 0.3 is 6.18 Å². The molecule has 1 aromatic rings. The van der Waals surface area contributed by atoms with E-state index < -0.39 is 17.3 Å². The first kappa shape index (κ1) is 12.2. The Morgan fingerprint density at radius 3 is 2.47 bits per heavy atom. The van der Waals surface area contributed by atoms with Crippen LogP contribution in [-0.4, -0.2) is 12.6 Å². The van der Waals surface area contributed by atoms with Crippen LogP contribution < -0.4 is 10.5 Å². The van der Waals surface area contributed by atoms with E-state index in [-0.39, 0.29) is 17.7 Å². The summed E-state index contributed by atoms with van der Waals surface area (Å²) in [5.41, 5.74) is 4.94. The summed E-state index contributed by atoms with van der Waals surface area (Å²) < 4.78 is 43.6. The summed E-state index contributed by atoms with van der Waals surface area (Å²) in [4.78, 5) is 0. The molecule has 2 N–H and O–H groups in total. The van der Waals surface area contributed by atoms with Crippen LogP contribution in [-0.2, 0) is 12.6 Å². The maximum atomic E-state index is 12.9. The maximum Gasteiger partial charge on any atom is 0.416 e. The van der Waals surface area contributed by atoms with Gasteiger partial charge < -0.3 is 10.5 Å². The molecule has 1 aliphatic rings. The van der Waals surface area contributed by atoms with Gasteiger partial charge in [0.15, 0.2) is 0 Å². The van der Waals surface area contributed by atoms with E-state index >= 15 is 0 Å². The highest BCUT2D eigenvalue weighted by molar-refractivity contribution is 5.43. The fraction of sp³-hybridized carbons (Fsp3) is 0.500. The highest BCUT2D eigenvalue weighted by Crippen LogP contribution is 2.42. The summed E-state index contributed by atoms with van der Waals surface area (Å²) >= 11 is 0. The molecule has 17 heavy (non-hydrogen) atoms. The number of hydrogen-bond acceptors (Lipinski definition) is 2. The number of rotatable bonds is 3. The molecule has 0 unspecified atom stereocenters. The predicted octanol–water partition coefficient (Wildman–Crippen LogP) is 2.75. The Morgan fingerprint density at radius 1 is 1.35 bits per heavy atom. The van der Waals surface area contributed by atoms with Gasteiger partial charge in [0, 0.05) is 11.1 Å². The van der Waals surface area contributed by atoms with Crippen molar-refractivity contribution in [3.05, 3.63) is 29.3 Å². The number of benzene rings is 1. The number of hydrogen-bond donors (Lipinski definition) is 1. The molecule has 0 saturated heterocycles. The summed E-state index contributed by atoms with van der Waals surface area (Å²) in [6.07, 6.45) is -2.62. The zero-order valence-electron chi connectivity index (χ0n) is 9.47. The van der Waals surface area contributed by atoms with Crippen LogP contribution in [0.25, 0.3) is 0 Å². The fourth-order valence-electron chi connectivity index (χ4n) is 1.89. The highest BCUT2D eigenvalue weighted by atomic mass is 19.4. The highest BCUT2D eigenvalue weighted by Gasteiger charge is 2.42. The van der Waals surface area contributed by atoms with Gasteiger partial charge in [0.2, 0.25) is 0 Å². The normalized spacial score (nSPS) is 17.9. The van der Waals surface area contributed by atoms with E-state index in [1.165, 1.54) is 19.2 Å². The van der Waals surface area contributed by atoms with Crippen LogP contribution in [0.5, 0.6) is 5.75 Å². The third-order valence-corrected chi connectivity index (χ3v) is 3.08. The molecular formula is C12H14F3NO. The standard InChI is InChI=1S/C12H14F3NO/c1-17-10-4-2-3-9(12(13,14)15)8(10)7-11(16)5-6-11/h2-4H,5-7,16H2,1H3. The summed E-state index contributed by atoms with van der Waals surface area (Å²) in [6, 6.07) is 3.96. The second-order valence-corrected chi connectivity index (χ2v) is 4.52. The lowest BCUT2D eigenvalue weighted by molar-refractivity contribution is -0.138. The quantitative estimate of drug-likeness (QED) is 0.888. The number of methoxy groups -OCH3 is 1. The molecule has 0 radical (unpaired) electrons. The SMILES string of the molecule is COc1cccc(C(F)(F)F)c1CC1(N)CC1. The van der Waals surface area contributed by atoms with Gasteiger partial charge in [0.25, 0.3) is 0 Å². The molecule has 1 aliphatic carbocycles. The molecule has 0 atom stereocenters. The zero-order valence-corrected chi connectivity index (χ0v) is 9.47. The van der Waals surface area contributed by atoms with Gasteiger partial charge in [0.1, 0.15) is 5.75 Å². The molecule has 0 aromatic heterocycles. The number of halogens is 3. The van der Waals surface area contributed by atoms with Crippen LogP contribution in [0.2, 0.25) is 0 Å². The first-order valence-electron chi connectivity index (χ1n) is 5.38.